The number of nitrogens with zero attached hydrogens (tertiary/aromatic N) is 2. The first-order chi connectivity index (χ1) is 13.7. The van der Waals surface area contributed by atoms with Crippen LogP contribution >= 0.6 is 11.3 Å². The van der Waals surface area contributed by atoms with E-state index in [1.165, 1.54) is 29.0 Å². The van der Waals surface area contributed by atoms with Gasteiger partial charge in [-0.05, 0) is 34.9 Å². The highest BCUT2D eigenvalue weighted by atomic mass is 32.1. The van der Waals surface area contributed by atoms with E-state index in [0.29, 0.717) is 10.6 Å². The number of aromatic nitrogens is 1. The van der Waals surface area contributed by atoms with Gasteiger partial charge in [0.05, 0.1) is 11.3 Å². The van der Waals surface area contributed by atoms with Crippen LogP contribution in [0.4, 0.5) is 4.39 Å². The number of nitriles is 1. The lowest BCUT2D eigenvalue weighted by molar-refractivity contribution is 0.628. The van der Waals surface area contributed by atoms with Crippen LogP contribution in [0.2, 0.25) is 0 Å². The quantitative estimate of drug-likeness (QED) is 0.369. The summed E-state index contributed by atoms with van der Waals surface area (Å²) in [5.41, 5.74) is 5.38. The van der Waals surface area contributed by atoms with Crippen LogP contribution in [0.3, 0.4) is 0 Å². The van der Waals surface area contributed by atoms with Gasteiger partial charge < -0.3 is 0 Å². The molecule has 0 aliphatic heterocycles. The van der Waals surface area contributed by atoms with Crippen LogP contribution in [-0.2, 0) is 0 Å². The minimum Gasteiger partial charge on any atom is -0.235 e. The highest BCUT2D eigenvalue weighted by Gasteiger charge is 2.09. The van der Waals surface area contributed by atoms with E-state index >= 15 is 0 Å². The molecule has 0 amide bonds. The van der Waals surface area contributed by atoms with Crippen LogP contribution in [0.1, 0.15) is 10.6 Å². The minimum atomic E-state index is -0.300. The molecule has 0 saturated carbocycles. The van der Waals surface area contributed by atoms with E-state index in [4.69, 9.17) is 0 Å². The largest absolute Gasteiger partial charge is 0.235 e. The molecule has 0 radical (unpaired) electrons. The zero-order chi connectivity index (χ0) is 19.3. The fourth-order valence-corrected chi connectivity index (χ4v) is 3.66. The van der Waals surface area contributed by atoms with Crippen LogP contribution < -0.4 is 0 Å². The van der Waals surface area contributed by atoms with Crippen molar-refractivity contribution in [1.29, 1.82) is 5.26 Å². The molecular formula is C24H15FN2S. The monoisotopic (exact) mass is 382 g/mol. The molecule has 0 bridgehead atoms. The smallest absolute Gasteiger partial charge is 0.134 e. The number of halogens is 1. The molecule has 4 rings (SSSR count). The lowest BCUT2D eigenvalue weighted by Crippen LogP contribution is -1.84. The number of allylic oxidation sites excluding steroid dienone is 1. The van der Waals surface area contributed by atoms with Gasteiger partial charge in [-0.2, -0.15) is 5.26 Å². The summed E-state index contributed by atoms with van der Waals surface area (Å²) in [6.07, 6.45) is 1.72. The van der Waals surface area contributed by atoms with E-state index < -0.39 is 0 Å². The number of thiazole rings is 1. The summed E-state index contributed by atoms with van der Waals surface area (Å²) in [6, 6.07) is 26.7. The molecule has 0 aliphatic carbocycles. The summed E-state index contributed by atoms with van der Waals surface area (Å²) in [5, 5.41) is 12.1. The third-order valence-electron chi connectivity index (χ3n) is 4.32. The Balaban J connectivity index is 1.60. The summed E-state index contributed by atoms with van der Waals surface area (Å²) in [7, 11) is 0. The Hall–Kier alpha value is -3.55. The average Bonchev–Trinajstić information content (AvgIpc) is 3.24. The molecule has 4 heteroatoms. The van der Waals surface area contributed by atoms with Gasteiger partial charge in [0.1, 0.15) is 16.9 Å². The molecule has 0 atom stereocenters. The van der Waals surface area contributed by atoms with E-state index in [-0.39, 0.29) is 5.82 Å². The van der Waals surface area contributed by atoms with Gasteiger partial charge in [0.2, 0.25) is 0 Å². The summed E-state index contributed by atoms with van der Waals surface area (Å²) < 4.78 is 13.1. The first-order valence-electron chi connectivity index (χ1n) is 8.72. The van der Waals surface area contributed by atoms with Gasteiger partial charge in [-0.15, -0.1) is 11.3 Å². The van der Waals surface area contributed by atoms with Gasteiger partial charge in [-0.1, -0.05) is 66.7 Å². The van der Waals surface area contributed by atoms with E-state index in [1.54, 1.807) is 18.2 Å². The minimum absolute atomic E-state index is 0.300. The van der Waals surface area contributed by atoms with Crippen molar-refractivity contribution < 1.29 is 4.39 Å². The summed E-state index contributed by atoms with van der Waals surface area (Å²) in [4.78, 5) is 4.62. The van der Waals surface area contributed by atoms with Crippen molar-refractivity contribution in [3.8, 4) is 28.5 Å². The average molecular weight is 382 g/mol. The predicted molar refractivity (Wildman–Crippen MR) is 113 cm³/mol. The number of rotatable bonds is 4. The predicted octanol–water partition coefficient (Wildman–Crippen LogP) is 6.68. The third kappa shape index (κ3) is 3.90. The van der Waals surface area contributed by atoms with Crippen molar-refractivity contribution in [3.63, 3.8) is 0 Å². The van der Waals surface area contributed by atoms with Crippen LogP contribution in [-0.4, -0.2) is 4.98 Å². The molecule has 1 aromatic heterocycles. The zero-order valence-corrected chi connectivity index (χ0v) is 15.7. The number of benzene rings is 3. The first-order valence-corrected chi connectivity index (χ1v) is 9.60. The molecule has 2 nitrogen and oxygen atoms in total. The van der Waals surface area contributed by atoms with Crippen molar-refractivity contribution in [2.75, 3.05) is 0 Å². The maximum absolute atomic E-state index is 13.1. The van der Waals surface area contributed by atoms with E-state index in [1.807, 2.05) is 35.7 Å². The van der Waals surface area contributed by atoms with Crippen molar-refractivity contribution >= 4 is 23.0 Å². The van der Waals surface area contributed by atoms with Crippen LogP contribution in [0.25, 0.3) is 34.0 Å². The zero-order valence-electron chi connectivity index (χ0n) is 14.8. The molecule has 3 aromatic carbocycles. The first kappa shape index (κ1) is 17.8. The van der Waals surface area contributed by atoms with Crippen LogP contribution in [0.5, 0.6) is 0 Å². The molecule has 4 aromatic rings. The molecule has 0 unspecified atom stereocenters. The van der Waals surface area contributed by atoms with Gasteiger partial charge in [0, 0.05) is 10.9 Å². The molecule has 0 fully saturated rings. The van der Waals surface area contributed by atoms with Gasteiger partial charge in [0.15, 0.2) is 0 Å². The Morgan fingerprint density at radius 3 is 2.18 bits per heavy atom. The Morgan fingerprint density at radius 1 is 0.857 bits per heavy atom. The molecule has 0 aliphatic rings. The van der Waals surface area contributed by atoms with Crippen LogP contribution in [0.15, 0.2) is 84.2 Å². The fraction of sp³-hybridized carbons (Fsp3) is 0. The molecule has 0 N–H and O–H groups in total. The van der Waals surface area contributed by atoms with Gasteiger partial charge in [-0.25, -0.2) is 9.37 Å². The second kappa shape index (κ2) is 7.99. The fourth-order valence-electron chi connectivity index (χ4n) is 2.86. The second-order valence-electron chi connectivity index (χ2n) is 6.20. The molecule has 0 saturated heterocycles. The van der Waals surface area contributed by atoms with Gasteiger partial charge >= 0.3 is 0 Å². The van der Waals surface area contributed by atoms with Crippen LogP contribution in [0, 0.1) is 17.1 Å². The molecule has 0 spiro atoms. The second-order valence-corrected chi connectivity index (χ2v) is 7.06. The molecule has 134 valence electrons. The lowest BCUT2D eigenvalue weighted by atomic mass is 10.0. The van der Waals surface area contributed by atoms with Crippen molar-refractivity contribution in [3.05, 3.63) is 101 Å². The van der Waals surface area contributed by atoms with E-state index in [2.05, 4.69) is 35.3 Å². The highest BCUT2D eigenvalue weighted by molar-refractivity contribution is 7.11. The van der Waals surface area contributed by atoms with E-state index in [0.717, 1.165) is 22.4 Å². The summed E-state index contributed by atoms with van der Waals surface area (Å²) in [6.45, 7) is 0. The molecular weight excluding hydrogens is 367 g/mol. The number of hydrogen-bond donors (Lipinski definition) is 0. The maximum Gasteiger partial charge on any atom is 0.134 e. The molecule has 28 heavy (non-hydrogen) atoms. The highest BCUT2D eigenvalue weighted by Crippen LogP contribution is 2.29. The van der Waals surface area contributed by atoms with E-state index in [9.17, 15) is 9.65 Å². The topological polar surface area (TPSA) is 36.7 Å². The Morgan fingerprint density at radius 2 is 1.50 bits per heavy atom. The van der Waals surface area contributed by atoms with Crippen molar-refractivity contribution in [1.82, 2.24) is 4.98 Å². The summed E-state index contributed by atoms with van der Waals surface area (Å²) >= 11 is 1.42. The Bertz CT molecular complexity index is 1150. The third-order valence-corrected chi connectivity index (χ3v) is 5.20. The normalized spacial score (nSPS) is 11.2. The SMILES string of the molecule is N#C/C(=C\c1ccc(F)cc1)c1nc(-c2ccc(-c3ccccc3)cc2)cs1. The molecule has 1 heterocycles. The van der Waals surface area contributed by atoms with Gasteiger partial charge in [-0.3, -0.25) is 0 Å². The summed E-state index contributed by atoms with van der Waals surface area (Å²) in [5.74, 6) is -0.300. The Kier molecular flexibility index (Phi) is 5.09. The standard InChI is InChI=1S/C24H15FN2S/c25-22-12-6-17(7-13-22)14-21(15-26)24-27-23(16-28-24)20-10-8-19(9-11-20)18-4-2-1-3-5-18/h1-14,16H/b21-14+. The lowest BCUT2D eigenvalue weighted by Gasteiger charge is -2.02. The van der Waals surface area contributed by atoms with Crippen molar-refractivity contribution in [2.45, 2.75) is 0 Å². The van der Waals surface area contributed by atoms with Gasteiger partial charge in [0.25, 0.3) is 0 Å². The maximum atomic E-state index is 13.1. The Labute approximate surface area is 166 Å². The number of hydrogen-bond acceptors (Lipinski definition) is 3. The van der Waals surface area contributed by atoms with Crippen molar-refractivity contribution in [2.24, 2.45) is 0 Å².